The lowest BCUT2D eigenvalue weighted by Gasteiger charge is -2.08. The number of halogens is 1. The lowest BCUT2D eigenvalue weighted by atomic mass is 10.1. The molecule has 1 N–H and O–H groups in total. The van der Waals surface area contributed by atoms with Crippen molar-refractivity contribution in [3.8, 4) is 0 Å². The smallest absolute Gasteiger partial charge is 0.337 e. The quantitative estimate of drug-likeness (QED) is 0.825. The van der Waals surface area contributed by atoms with Crippen LogP contribution in [-0.4, -0.2) is 28.8 Å². The highest BCUT2D eigenvalue weighted by atomic mass is 79.9. The third-order valence-electron chi connectivity index (χ3n) is 3.18. The number of rotatable bonds is 5. The van der Waals surface area contributed by atoms with E-state index in [0.717, 1.165) is 16.7 Å². The van der Waals surface area contributed by atoms with Gasteiger partial charge < -0.3 is 10.1 Å². The lowest BCUT2D eigenvalue weighted by Crippen LogP contribution is -2.24. The van der Waals surface area contributed by atoms with E-state index in [4.69, 9.17) is 0 Å². The number of carbonyl (C=O) groups is 2. The summed E-state index contributed by atoms with van der Waals surface area (Å²) >= 11 is 3.41. The number of amides is 1. The Morgan fingerprint density at radius 3 is 2.50 bits per heavy atom. The first-order valence-electron chi connectivity index (χ1n) is 6.73. The SMILES string of the molecule is CCn1ncc(Br)c1CNC(=O)c1ccc(C(=O)OC)cc1. The number of methoxy groups -OCH3 is 1. The fourth-order valence-corrected chi connectivity index (χ4v) is 2.41. The van der Waals surface area contributed by atoms with Gasteiger partial charge >= 0.3 is 5.97 Å². The molecule has 0 aliphatic heterocycles. The number of benzene rings is 1. The van der Waals surface area contributed by atoms with Crippen molar-refractivity contribution in [2.75, 3.05) is 7.11 Å². The van der Waals surface area contributed by atoms with Gasteiger partial charge in [-0.1, -0.05) is 0 Å². The minimum atomic E-state index is -0.428. The molecule has 0 aliphatic carbocycles. The molecule has 6 nitrogen and oxygen atoms in total. The predicted molar refractivity (Wildman–Crippen MR) is 84.6 cm³/mol. The number of aryl methyl sites for hydroxylation is 1. The van der Waals surface area contributed by atoms with E-state index in [1.807, 2.05) is 11.6 Å². The van der Waals surface area contributed by atoms with Crippen LogP contribution in [-0.2, 0) is 17.8 Å². The van der Waals surface area contributed by atoms with E-state index in [1.54, 1.807) is 30.5 Å². The second-order valence-corrected chi connectivity index (χ2v) is 5.36. The lowest BCUT2D eigenvalue weighted by molar-refractivity contribution is 0.0600. The highest BCUT2D eigenvalue weighted by Crippen LogP contribution is 2.16. The maximum Gasteiger partial charge on any atom is 0.337 e. The van der Waals surface area contributed by atoms with Crippen molar-refractivity contribution in [2.45, 2.75) is 20.0 Å². The molecule has 0 bridgehead atoms. The van der Waals surface area contributed by atoms with Gasteiger partial charge in [0.05, 0.1) is 35.6 Å². The molecule has 0 spiro atoms. The van der Waals surface area contributed by atoms with Gasteiger partial charge in [-0.05, 0) is 47.1 Å². The van der Waals surface area contributed by atoms with Gasteiger partial charge in [0, 0.05) is 12.1 Å². The van der Waals surface area contributed by atoms with Gasteiger partial charge in [0.2, 0.25) is 0 Å². The van der Waals surface area contributed by atoms with E-state index < -0.39 is 5.97 Å². The first-order valence-corrected chi connectivity index (χ1v) is 7.52. The topological polar surface area (TPSA) is 73.2 Å². The van der Waals surface area contributed by atoms with Crippen LogP contribution in [0.1, 0.15) is 33.3 Å². The van der Waals surface area contributed by atoms with E-state index >= 15 is 0 Å². The standard InChI is InChI=1S/C15H16BrN3O3/c1-3-19-13(12(16)8-18-19)9-17-14(20)10-4-6-11(7-5-10)15(21)22-2/h4-8H,3,9H2,1-2H3,(H,17,20). The van der Waals surface area contributed by atoms with Crippen LogP contribution >= 0.6 is 15.9 Å². The monoisotopic (exact) mass is 365 g/mol. The number of hydrogen-bond donors (Lipinski definition) is 1. The minimum absolute atomic E-state index is 0.216. The van der Waals surface area contributed by atoms with Gasteiger partial charge in [0.1, 0.15) is 0 Å². The number of nitrogens with one attached hydrogen (secondary N) is 1. The van der Waals surface area contributed by atoms with E-state index in [9.17, 15) is 9.59 Å². The molecule has 1 amide bonds. The molecule has 116 valence electrons. The Morgan fingerprint density at radius 1 is 1.27 bits per heavy atom. The van der Waals surface area contributed by atoms with E-state index in [1.165, 1.54) is 7.11 Å². The average Bonchev–Trinajstić information content (AvgIpc) is 2.92. The van der Waals surface area contributed by atoms with Gasteiger partial charge in [0.15, 0.2) is 0 Å². The molecule has 0 atom stereocenters. The molecule has 2 rings (SSSR count). The summed E-state index contributed by atoms with van der Waals surface area (Å²) in [5, 5.41) is 7.03. The second-order valence-electron chi connectivity index (χ2n) is 4.51. The zero-order valence-electron chi connectivity index (χ0n) is 12.3. The summed E-state index contributed by atoms with van der Waals surface area (Å²) in [6.45, 7) is 3.08. The molecule has 0 saturated carbocycles. The zero-order chi connectivity index (χ0) is 16.1. The summed E-state index contributed by atoms with van der Waals surface area (Å²) in [5.74, 6) is -0.644. The van der Waals surface area contributed by atoms with Gasteiger partial charge in [-0.3, -0.25) is 9.48 Å². The maximum atomic E-state index is 12.1. The number of carbonyl (C=O) groups excluding carboxylic acids is 2. The van der Waals surface area contributed by atoms with Gasteiger partial charge in [-0.2, -0.15) is 5.10 Å². The summed E-state index contributed by atoms with van der Waals surface area (Å²) in [7, 11) is 1.32. The Labute approximate surface area is 136 Å². The number of hydrogen-bond acceptors (Lipinski definition) is 4. The summed E-state index contributed by atoms with van der Waals surface area (Å²) in [6, 6.07) is 6.31. The fraction of sp³-hybridized carbons (Fsp3) is 0.267. The molecular formula is C15H16BrN3O3. The number of ether oxygens (including phenoxy) is 1. The summed E-state index contributed by atoms with van der Waals surface area (Å²) in [6.07, 6.45) is 1.70. The summed E-state index contributed by atoms with van der Waals surface area (Å²) < 4.78 is 7.28. The Hall–Kier alpha value is -2.15. The highest BCUT2D eigenvalue weighted by molar-refractivity contribution is 9.10. The minimum Gasteiger partial charge on any atom is -0.465 e. The van der Waals surface area contributed by atoms with Gasteiger partial charge in [0.25, 0.3) is 5.91 Å². The molecule has 1 heterocycles. The second kappa shape index (κ2) is 7.22. The molecule has 0 saturated heterocycles. The Bertz CT molecular complexity index is 680. The van der Waals surface area contributed by atoms with Gasteiger partial charge in [-0.25, -0.2) is 4.79 Å². The van der Waals surface area contributed by atoms with Crippen LogP contribution in [0.2, 0.25) is 0 Å². The summed E-state index contributed by atoms with van der Waals surface area (Å²) in [4.78, 5) is 23.5. The van der Waals surface area contributed by atoms with Crippen molar-refractivity contribution in [1.29, 1.82) is 0 Å². The zero-order valence-corrected chi connectivity index (χ0v) is 13.9. The molecular weight excluding hydrogens is 350 g/mol. The van der Waals surface area contributed by atoms with Crippen LogP contribution in [0.3, 0.4) is 0 Å². The van der Waals surface area contributed by atoms with Crippen molar-refractivity contribution in [3.63, 3.8) is 0 Å². The van der Waals surface area contributed by atoms with E-state index in [2.05, 4.69) is 31.1 Å². The third-order valence-corrected chi connectivity index (χ3v) is 3.84. The number of esters is 1. The molecule has 1 aromatic carbocycles. The van der Waals surface area contributed by atoms with Crippen LogP contribution in [0.4, 0.5) is 0 Å². The van der Waals surface area contributed by atoms with Crippen LogP contribution in [0.5, 0.6) is 0 Å². The van der Waals surface area contributed by atoms with Crippen LogP contribution in [0.25, 0.3) is 0 Å². The number of nitrogens with zero attached hydrogens (tertiary/aromatic N) is 2. The first-order chi connectivity index (χ1) is 10.6. The van der Waals surface area contributed by atoms with Gasteiger partial charge in [-0.15, -0.1) is 0 Å². The van der Waals surface area contributed by atoms with Crippen LogP contribution in [0, 0.1) is 0 Å². The molecule has 0 radical (unpaired) electrons. The Morgan fingerprint density at radius 2 is 1.91 bits per heavy atom. The van der Waals surface area contributed by atoms with Crippen molar-refractivity contribution >= 4 is 27.8 Å². The molecule has 2 aromatic rings. The normalized spacial score (nSPS) is 10.3. The Balaban J connectivity index is 2.03. The molecule has 0 fully saturated rings. The van der Waals surface area contributed by atoms with E-state index in [0.29, 0.717) is 17.7 Å². The molecule has 1 aromatic heterocycles. The average molecular weight is 366 g/mol. The maximum absolute atomic E-state index is 12.1. The Kier molecular flexibility index (Phi) is 5.32. The van der Waals surface area contributed by atoms with Crippen molar-refractivity contribution in [1.82, 2.24) is 15.1 Å². The summed E-state index contributed by atoms with van der Waals surface area (Å²) in [5.41, 5.74) is 1.79. The van der Waals surface area contributed by atoms with E-state index in [-0.39, 0.29) is 5.91 Å². The third kappa shape index (κ3) is 3.54. The molecule has 0 aliphatic rings. The van der Waals surface area contributed by atoms with Crippen molar-refractivity contribution < 1.29 is 14.3 Å². The molecule has 7 heteroatoms. The fourth-order valence-electron chi connectivity index (χ4n) is 1.98. The molecule has 0 unspecified atom stereocenters. The van der Waals surface area contributed by atoms with Crippen LogP contribution in [0.15, 0.2) is 34.9 Å². The van der Waals surface area contributed by atoms with Crippen molar-refractivity contribution in [2.24, 2.45) is 0 Å². The predicted octanol–water partition coefficient (Wildman–Crippen LogP) is 2.38. The van der Waals surface area contributed by atoms with Crippen LogP contribution < -0.4 is 5.32 Å². The van der Waals surface area contributed by atoms with Crippen molar-refractivity contribution in [3.05, 3.63) is 51.8 Å². The largest absolute Gasteiger partial charge is 0.465 e. The highest BCUT2D eigenvalue weighted by Gasteiger charge is 2.12. The number of aromatic nitrogens is 2. The first kappa shape index (κ1) is 16.2. The molecule has 22 heavy (non-hydrogen) atoms.